The summed E-state index contributed by atoms with van der Waals surface area (Å²) < 4.78 is 5.36. The average Bonchev–Trinajstić information content (AvgIpc) is 3.77. The van der Waals surface area contributed by atoms with Crippen LogP contribution in [0.3, 0.4) is 0 Å². The maximum Gasteiger partial charge on any atom is 0.318 e. The quantitative estimate of drug-likeness (QED) is 0.303. The molecule has 44 heavy (non-hydrogen) atoms. The molecule has 0 spiro atoms. The molecule has 6 rings (SSSR count). The van der Waals surface area contributed by atoms with Crippen LogP contribution < -0.4 is 21.3 Å². The first kappa shape index (κ1) is 29.7. The molecule has 3 aliphatic rings. The second-order valence-electron chi connectivity index (χ2n) is 11.0. The van der Waals surface area contributed by atoms with Crippen LogP contribution in [0, 0.1) is 0 Å². The van der Waals surface area contributed by atoms with E-state index in [1.165, 1.54) is 16.2 Å². The number of aromatic nitrogens is 1. The van der Waals surface area contributed by atoms with Crippen molar-refractivity contribution < 1.29 is 23.9 Å². The summed E-state index contributed by atoms with van der Waals surface area (Å²) in [6.45, 7) is 2.85. The molecule has 2 unspecified atom stereocenters. The third-order valence-corrected chi connectivity index (χ3v) is 8.62. The Morgan fingerprint density at radius 2 is 1.73 bits per heavy atom. The number of rotatable bonds is 8. The highest BCUT2D eigenvalue weighted by molar-refractivity contribution is 7.14. The molecule has 12 nitrogen and oxygen atoms in total. The molecular formula is C31H35N7O5S. The molecule has 1 aromatic heterocycles. The van der Waals surface area contributed by atoms with E-state index in [0.29, 0.717) is 61.3 Å². The largest absolute Gasteiger partial charge is 0.378 e. The number of urea groups is 1. The van der Waals surface area contributed by atoms with Gasteiger partial charge in [-0.3, -0.25) is 14.4 Å². The number of amides is 5. The molecular weight excluding hydrogens is 582 g/mol. The van der Waals surface area contributed by atoms with E-state index in [-0.39, 0.29) is 36.3 Å². The number of carbonyl (C=O) groups is 4. The predicted octanol–water partition coefficient (Wildman–Crippen LogP) is 2.22. The molecule has 2 atom stereocenters. The van der Waals surface area contributed by atoms with Gasteiger partial charge in [0.15, 0.2) is 5.13 Å². The van der Waals surface area contributed by atoms with E-state index in [4.69, 9.17) is 4.74 Å². The molecule has 0 bridgehead atoms. The lowest BCUT2D eigenvalue weighted by Gasteiger charge is -2.38. The minimum absolute atomic E-state index is 0.0827. The van der Waals surface area contributed by atoms with E-state index in [1.807, 2.05) is 35.7 Å². The van der Waals surface area contributed by atoms with E-state index in [1.54, 1.807) is 29.2 Å². The van der Waals surface area contributed by atoms with Gasteiger partial charge in [-0.2, -0.15) is 0 Å². The summed E-state index contributed by atoms with van der Waals surface area (Å²) in [5.41, 5.74) is 2.72. The van der Waals surface area contributed by atoms with Crippen LogP contribution in [0.15, 0.2) is 60.0 Å². The number of anilines is 1. The van der Waals surface area contributed by atoms with Gasteiger partial charge in [0.25, 0.3) is 11.8 Å². The summed E-state index contributed by atoms with van der Waals surface area (Å²) in [7, 11) is 0. The van der Waals surface area contributed by atoms with Crippen LogP contribution in [0.4, 0.5) is 9.93 Å². The minimum Gasteiger partial charge on any atom is -0.378 e. The fourth-order valence-electron chi connectivity index (χ4n) is 5.22. The first-order chi connectivity index (χ1) is 21.5. The zero-order valence-corrected chi connectivity index (χ0v) is 25.0. The molecule has 3 fully saturated rings. The molecule has 3 aromatic rings. The van der Waals surface area contributed by atoms with Gasteiger partial charge in [-0.05, 0) is 30.5 Å². The molecule has 13 heteroatoms. The van der Waals surface area contributed by atoms with Crippen molar-refractivity contribution in [2.75, 3.05) is 51.3 Å². The van der Waals surface area contributed by atoms with Crippen LogP contribution in [0.2, 0.25) is 0 Å². The number of piperazine rings is 1. The number of benzene rings is 2. The number of nitrogens with one attached hydrogen (secondary N) is 4. The Morgan fingerprint density at radius 3 is 2.45 bits per heavy atom. The Bertz CT molecular complexity index is 1490. The van der Waals surface area contributed by atoms with Crippen LogP contribution in [0.1, 0.15) is 34.8 Å². The Morgan fingerprint density at radius 1 is 0.977 bits per heavy atom. The van der Waals surface area contributed by atoms with E-state index in [2.05, 4.69) is 26.3 Å². The summed E-state index contributed by atoms with van der Waals surface area (Å²) in [6.07, 6.45) is 2.05. The second kappa shape index (κ2) is 13.5. The lowest BCUT2D eigenvalue weighted by molar-refractivity contribution is -0.141. The van der Waals surface area contributed by atoms with Crippen molar-refractivity contribution in [1.29, 1.82) is 0 Å². The molecule has 4 N–H and O–H groups in total. The smallest absolute Gasteiger partial charge is 0.318 e. The summed E-state index contributed by atoms with van der Waals surface area (Å²) >= 11 is 1.28. The first-order valence-electron chi connectivity index (χ1n) is 14.8. The van der Waals surface area contributed by atoms with Gasteiger partial charge in [-0.1, -0.05) is 42.5 Å². The molecule has 2 aromatic carbocycles. The van der Waals surface area contributed by atoms with Crippen molar-refractivity contribution >= 4 is 40.2 Å². The number of thiazole rings is 1. The van der Waals surface area contributed by atoms with Gasteiger partial charge in [-0.25, -0.2) is 9.78 Å². The van der Waals surface area contributed by atoms with Crippen LogP contribution in [0.25, 0.3) is 11.3 Å². The normalized spacial score (nSPS) is 19.1. The van der Waals surface area contributed by atoms with Crippen LogP contribution in [0.5, 0.6) is 0 Å². The topological polar surface area (TPSA) is 145 Å². The van der Waals surface area contributed by atoms with Gasteiger partial charge < -0.3 is 35.8 Å². The van der Waals surface area contributed by atoms with E-state index >= 15 is 0 Å². The molecule has 5 amide bonds. The van der Waals surface area contributed by atoms with Gasteiger partial charge >= 0.3 is 6.03 Å². The fourth-order valence-corrected chi connectivity index (χ4v) is 5.95. The molecule has 2 saturated heterocycles. The van der Waals surface area contributed by atoms with Gasteiger partial charge in [-0.15, -0.1) is 11.3 Å². The third kappa shape index (κ3) is 7.07. The number of carbonyl (C=O) groups excluding carboxylic acids is 4. The Balaban J connectivity index is 1.13. The summed E-state index contributed by atoms with van der Waals surface area (Å²) in [4.78, 5) is 60.7. The molecule has 1 aliphatic carbocycles. The predicted molar refractivity (Wildman–Crippen MR) is 165 cm³/mol. The van der Waals surface area contributed by atoms with Crippen molar-refractivity contribution in [3.63, 3.8) is 0 Å². The SMILES string of the molecule is O=C(NC1CC1)c1ccc(-c2csc(NC(=O)C3CNCCN3C(=O)C(NC(=O)N3CCOCC3)c3ccccc3)n2)cc1. The summed E-state index contributed by atoms with van der Waals surface area (Å²) in [5, 5.41) is 14.2. The first-order valence-corrected chi connectivity index (χ1v) is 15.7. The number of morpholine rings is 1. The van der Waals surface area contributed by atoms with E-state index in [0.717, 1.165) is 18.4 Å². The summed E-state index contributed by atoms with van der Waals surface area (Å²) in [6, 6.07) is 14.4. The molecule has 230 valence electrons. The molecule has 0 radical (unpaired) electrons. The third-order valence-electron chi connectivity index (χ3n) is 7.86. The van der Waals surface area contributed by atoms with Gasteiger partial charge in [0, 0.05) is 55.3 Å². The zero-order valence-electron chi connectivity index (χ0n) is 24.2. The molecule has 2 aliphatic heterocycles. The van der Waals surface area contributed by atoms with Crippen molar-refractivity contribution in [3.05, 3.63) is 71.1 Å². The van der Waals surface area contributed by atoms with Gasteiger partial charge in [0.2, 0.25) is 5.91 Å². The highest BCUT2D eigenvalue weighted by atomic mass is 32.1. The van der Waals surface area contributed by atoms with Gasteiger partial charge in [0.05, 0.1) is 18.9 Å². The molecule has 1 saturated carbocycles. The second-order valence-corrected chi connectivity index (χ2v) is 11.9. The lowest BCUT2D eigenvalue weighted by atomic mass is 10.0. The highest BCUT2D eigenvalue weighted by Gasteiger charge is 2.37. The Hall–Kier alpha value is -4.33. The number of nitrogens with zero attached hydrogens (tertiary/aromatic N) is 3. The summed E-state index contributed by atoms with van der Waals surface area (Å²) in [5.74, 6) is -0.810. The van der Waals surface area contributed by atoms with Crippen LogP contribution in [-0.2, 0) is 14.3 Å². The van der Waals surface area contributed by atoms with E-state index < -0.39 is 12.1 Å². The number of ether oxygens (including phenoxy) is 1. The van der Waals surface area contributed by atoms with Crippen molar-refractivity contribution in [3.8, 4) is 11.3 Å². The zero-order chi connectivity index (χ0) is 30.5. The number of hydrogen-bond donors (Lipinski definition) is 4. The van der Waals surface area contributed by atoms with Crippen molar-refractivity contribution in [2.24, 2.45) is 0 Å². The fraction of sp³-hybridized carbons (Fsp3) is 0.387. The minimum atomic E-state index is -0.958. The van der Waals surface area contributed by atoms with Crippen molar-refractivity contribution in [1.82, 2.24) is 30.7 Å². The van der Waals surface area contributed by atoms with E-state index in [9.17, 15) is 19.2 Å². The number of hydrogen-bond acceptors (Lipinski definition) is 8. The lowest BCUT2D eigenvalue weighted by Crippen LogP contribution is -2.60. The Labute approximate surface area is 259 Å². The van der Waals surface area contributed by atoms with Gasteiger partial charge in [0.1, 0.15) is 12.1 Å². The molecule has 3 heterocycles. The van der Waals surface area contributed by atoms with Crippen LogP contribution in [-0.4, -0.2) is 96.6 Å². The average molecular weight is 618 g/mol. The van der Waals surface area contributed by atoms with Crippen molar-refractivity contribution in [2.45, 2.75) is 31.0 Å². The monoisotopic (exact) mass is 617 g/mol. The highest BCUT2D eigenvalue weighted by Crippen LogP contribution is 2.27. The maximum absolute atomic E-state index is 14.0. The Kier molecular flexibility index (Phi) is 9.15. The maximum atomic E-state index is 14.0. The standard InChI is InChI=1S/C31H35N7O5S/c39-27(33-23-10-11-23)22-8-6-20(7-9-22)24-19-44-30(34-24)36-28(40)25-18-32-12-13-38(25)29(41)26(21-4-2-1-3-5-21)35-31(42)37-14-16-43-17-15-37/h1-9,19,23,25-26,32H,10-18H2,(H,33,39)(H,35,42)(H,34,36,40). The van der Waals surface area contributed by atoms with Crippen LogP contribution >= 0.6 is 11.3 Å².